The van der Waals surface area contributed by atoms with Crippen LogP contribution in [0.25, 0.3) is 27.5 Å². The molecule has 0 unspecified atom stereocenters. The predicted molar refractivity (Wildman–Crippen MR) is 123 cm³/mol. The van der Waals surface area contributed by atoms with Crippen LogP contribution in [0.15, 0.2) is 41.2 Å². The van der Waals surface area contributed by atoms with Crippen LogP contribution >= 0.6 is 23.2 Å². The Morgan fingerprint density at radius 3 is 2.57 bits per heavy atom. The summed E-state index contributed by atoms with van der Waals surface area (Å²) in [5.41, 5.74) is 3.56. The van der Waals surface area contributed by atoms with Crippen LogP contribution in [-0.2, 0) is 7.05 Å². The van der Waals surface area contributed by atoms with Gasteiger partial charge >= 0.3 is 0 Å². The Bertz CT molecular complexity index is 1370. The molecule has 0 atom stereocenters. The summed E-state index contributed by atoms with van der Waals surface area (Å²) in [5, 5.41) is 4.69. The highest BCUT2D eigenvalue weighted by Gasteiger charge is 2.18. The zero-order valence-corrected chi connectivity index (χ0v) is 17.8. The molecule has 0 aliphatic heterocycles. The van der Waals surface area contributed by atoms with Crippen molar-refractivity contribution in [2.45, 2.75) is 25.7 Å². The van der Waals surface area contributed by atoms with E-state index in [0.717, 1.165) is 24.8 Å². The van der Waals surface area contributed by atoms with Gasteiger partial charge in [-0.1, -0.05) is 35.3 Å². The molecule has 2 heterocycles. The van der Waals surface area contributed by atoms with Crippen LogP contribution in [0.2, 0.25) is 10.0 Å². The maximum absolute atomic E-state index is 13.1. The fourth-order valence-corrected chi connectivity index (χ4v) is 4.47. The molecule has 2 aromatic heterocycles. The van der Waals surface area contributed by atoms with Gasteiger partial charge in [-0.2, -0.15) is 0 Å². The van der Waals surface area contributed by atoms with Crippen molar-refractivity contribution in [1.82, 2.24) is 19.5 Å². The molecule has 5 rings (SSSR count). The number of para-hydroxylation sites is 1. The molecule has 2 N–H and O–H groups in total. The van der Waals surface area contributed by atoms with E-state index in [1.165, 1.54) is 6.42 Å². The number of H-pyrrole nitrogens is 1. The van der Waals surface area contributed by atoms with Gasteiger partial charge in [0.2, 0.25) is 5.95 Å². The third-order valence-electron chi connectivity index (χ3n) is 5.50. The molecule has 30 heavy (non-hydrogen) atoms. The van der Waals surface area contributed by atoms with E-state index in [9.17, 15) is 4.79 Å². The Kier molecular flexibility index (Phi) is 4.76. The van der Waals surface area contributed by atoms with E-state index in [0.29, 0.717) is 49.4 Å². The molecule has 152 valence electrons. The second-order valence-electron chi connectivity index (χ2n) is 7.43. The molecule has 6 nitrogen and oxygen atoms in total. The van der Waals surface area contributed by atoms with E-state index in [1.807, 2.05) is 23.7 Å². The van der Waals surface area contributed by atoms with Gasteiger partial charge in [0.05, 0.1) is 37.7 Å². The molecule has 1 aliphatic rings. The molecule has 0 amide bonds. The minimum absolute atomic E-state index is 0.169. The molecule has 0 saturated heterocycles. The molecule has 1 aliphatic carbocycles. The minimum Gasteiger partial charge on any atom is -0.323 e. The second-order valence-corrected chi connectivity index (χ2v) is 8.25. The standard InChI is InChI=1S/C22H19Cl2N5O/c1-29-19-16(26-22(29)27-18-13(23)8-5-9-14(18)24)11-10-15-17(19)21(30)28-20(25-15)12-6-3-2-4-7-12/h5-6,8-11H,2-4,7H2,1H3,(H,26,27)(H,25,28,30). The van der Waals surface area contributed by atoms with Crippen molar-refractivity contribution >= 4 is 62.3 Å². The minimum atomic E-state index is -0.169. The molecule has 0 bridgehead atoms. The molecular weight excluding hydrogens is 421 g/mol. The van der Waals surface area contributed by atoms with Crippen LogP contribution in [0, 0.1) is 0 Å². The molecule has 0 spiro atoms. The van der Waals surface area contributed by atoms with Crippen molar-refractivity contribution < 1.29 is 0 Å². The van der Waals surface area contributed by atoms with Gasteiger partial charge in [0.25, 0.3) is 5.56 Å². The highest BCUT2D eigenvalue weighted by molar-refractivity contribution is 6.39. The summed E-state index contributed by atoms with van der Waals surface area (Å²) in [6, 6.07) is 9.01. The van der Waals surface area contributed by atoms with Crippen molar-refractivity contribution in [3.8, 4) is 0 Å². The van der Waals surface area contributed by atoms with Crippen LogP contribution in [0.4, 0.5) is 11.6 Å². The van der Waals surface area contributed by atoms with E-state index in [-0.39, 0.29) is 5.56 Å². The number of hydrogen-bond acceptors (Lipinski definition) is 4. The highest BCUT2D eigenvalue weighted by Crippen LogP contribution is 2.34. The second kappa shape index (κ2) is 7.45. The summed E-state index contributed by atoms with van der Waals surface area (Å²) in [5.74, 6) is 1.20. The Morgan fingerprint density at radius 2 is 1.83 bits per heavy atom. The topological polar surface area (TPSA) is 75.6 Å². The van der Waals surface area contributed by atoms with Crippen molar-refractivity contribution in [3.05, 3.63) is 62.6 Å². The number of anilines is 2. The van der Waals surface area contributed by atoms with Gasteiger partial charge < -0.3 is 14.9 Å². The number of aromatic amines is 1. The smallest absolute Gasteiger partial charge is 0.261 e. The lowest BCUT2D eigenvalue weighted by Crippen LogP contribution is -2.13. The summed E-state index contributed by atoms with van der Waals surface area (Å²) in [4.78, 5) is 25.4. The number of halogens is 2. The summed E-state index contributed by atoms with van der Waals surface area (Å²) in [6.07, 6.45) is 6.44. The lowest BCUT2D eigenvalue weighted by molar-refractivity contribution is 0.737. The van der Waals surface area contributed by atoms with Crippen LogP contribution < -0.4 is 10.9 Å². The number of allylic oxidation sites excluding steroid dienone is 2. The quantitative estimate of drug-likeness (QED) is 0.421. The van der Waals surface area contributed by atoms with Gasteiger partial charge in [-0.3, -0.25) is 4.79 Å². The van der Waals surface area contributed by atoms with Crippen LogP contribution in [0.1, 0.15) is 31.5 Å². The van der Waals surface area contributed by atoms with Gasteiger partial charge in [0.1, 0.15) is 5.82 Å². The summed E-state index contributed by atoms with van der Waals surface area (Å²) in [7, 11) is 1.85. The van der Waals surface area contributed by atoms with E-state index in [2.05, 4.69) is 21.4 Å². The summed E-state index contributed by atoms with van der Waals surface area (Å²) in [6.45, 7) is 0. The average molecular weight is 440 g/mol. The van der Waals surface area contributed by atoms with Gasteiger partial charge in [0, 0.05) is 7.05 Å². The van der Waals surface area contributed by atoms with Crippen molar-refractivity contribution in [2.75, 3.05) is 5.32 Å². The van der Waals surface area contributed by atoms with Crippen molar-refractivity contribution in [2.24, 2.45) is 7.05 Å². The van der Waals surface area contributed by atoms with Gasteiger partial charge in [-0.15, -0.1) is 0 Å². The maximum atomic E-state index is 13.1. The average Bonchev–Trinajstić information content (AvgIpc) is 3.07. The SMILES string of the molecule is Cn1c(Nc2c(Cl)cccc2Cl)nc2ccc3nc(C4=CCCCC4)[nH]c(=O)c3c21. The van der Waals surface area contributed by atoms with Gasteiger partial charge in [-0.05, 0) is 55.5 Å². The Hall–Kier alpha value is -2.83. The van der Waals surface area contributed by atoms with Gasteiger partial charge in [-0.25, -0.2) is 9.97 Å². The monoisotopic (exact) mass is 439 g/mol. The van der Waals surface area contributed by atoms with Gasteiger partial charge in [0.15, 0.2) is 0 Å². The Balaban J connectivity index is 1.67. The first-order chi connectivity index (χ1) is 14.5. The first kappa shape index (κ1) is 19.2. The maximum Gasteiger partial charge on any atom is 0.261 e. The molecule has 8 heteroatoms. The zero-order valence-electron chi connectivity index (χ0n) is 16.3. The summed E-state index contributed by atoms with van der Waals surface area (Å²) < 4.78 is 1.83. The number of fused-ring (bicyclic) bond motifs is 3. The predicted octanol–water partition coefficient (Wildman–Crippen LogP) is 5.82. The number of aromatic nitrogens is 4. The molecule has 4 aromatic rings. The van der Waals surface area contributed by atoms with Crippen LogP contribution in [0.5, 0.6) is 0 Å². The number of nitrogens with zero attached hydrogens (tertiary/aromatic N) is 3. The number of benzene rings is 2. The number of nitrogens with one attached hydrogen (secondary N) is 2. The number of imidazole rings is 1. The lowest BCUT2D eigenvalue weighted by atomic mass is 9.99. The molecule has 0 radical (unpaired) electrons. The Morgan fingerprint density at radius 1 is 1.07 bits per heavy atom. The van der Waals surface area contributed by atoms with E-state index >= 15 is 0 Å². The Labute approximate surface area is 182 Å². The number of aryl methyl sites for hydroxylation is 1. The molecule has 0 fully saturated rings. The summed E-state index contributed by atoms with van der Waals surface area (Å²) >= 11 is 12.6. The van der Waals surface area contributed by atoms with Crippen LogP contribution in [0.3, 0.4) is 0 Å². The number of rotatable bonds is 3. The molecule has 2 aromatic carbocycles. The first-order valence-corrected chi connectivity index (χ1v) is 10.6. The first-order valence-electron chi connectivity index (χ1n) is 9.83. The van der Waals surface area contributed by atoms with Crippen LogP contribution in [-0.4, -0.2) is 19.5 Å². The normalized spacial score (nSPS) is 14.3. The third kappa shape index (κ3) is 3.16. The zero-order chi connectivity index (χ0) is 20.8. The third-order valence-corrected chi connectivity index (χ3v) is 6.13. The fourth-order valence-electron chi connectivity index (χ4n) is 3.98. The lowest BCUT2D eigenvalue weighted by Gasteiger charge is -2.12. The fraction of sp³-hybridized carbons (Fsp3) is 0.227. The van der Waals surface area contributed by atoms with E-state index < -0.39 is 0 Å². The highest BCUT2D eigenvalue weighted by atomic mass is 35.5. The van der Waals surface area contributed by atoms with Crippen molar-refractivity contribution in [1.29, 1.82) is 0 Å². The molecular formula is C22H19Cl2N5O. The van der Waals surface area contributed by atoms with E-state index in [1.54, 1.807) is 18.2 Å². The largest absolute Gasteiger partial charge is 0.323 e. The molecule has 0 saturated carbocycles. The number of hydrogen-bond donors (Lipinski definition) is 2. The van der Waals surface area contributed by atoms with E-state index in [4.69, 9.17) is 28.2 Å². The van der Waals surface area contributed by atoms with Crippen molar-refractivity contribution in [3.63, 3.8) is 0 Å².